The number of rotatable bonds is 4. The number of nitrogens with one attached hydrogen (secondary N) is 2. The number of esters is 1. The van der Waals surface area contributed by atoms with Crippen LogP contribution in [-0.2, 0) is 9.53 Å². The Bertz CT molecular complexity index is 864. The van der Waals surface area contributed by atoms with E-state index in [0.29, 0.717) is 21.4 Å². The van der Waals surface area contributed by atoms with Crippen LogP contribution in [0.4, 0.5) is 0 Å². The molecule has 0 bridgehead atoms. The minimum Gasteiger partial charge on any atom is -0.466 e. The highest BCUT2D eigenvalue weighted by atomic mass is 35.5. The lowest BCUT2D eigenvalue weighted by atomic mass is 9.93. The number of hydrogen-bond donors (Lipinski definition) is 2. The second-order valence-corrected chi connectivity index (χ2v) is 7.32. The molecule has 1 aliphatic rings. The fourth-order valence-corrected chi connectivity index (χ4v) is 3.54. The van der Waals surface area contributed by atoms with Crippen LogP contribution in [0.1, 0.15) is 17.2 Å². The van der Waals surface area contributed by atoms with Gasteiger partial charge in [-0.25, -0.2) is 4.79 Å². The minimum atomic E-state index is -0.420. The van der Waals surface area contributed by atoms with E-state index in [1.165, 1.54) is 7.11 Å². The third-order valence-electron chi connectivity index (χ3n) is 4.06. The number of ether oxygens (including phenoxy) is 1. The highest BCUT2D eigenvalue weighted by Crippen LogP contribution is 2.33. The summed E-state index contributed by atoms with van der Waals surface area (Å²) in [5, 5.41) is 7.33. The topological polar surface area (TPSA) is 50.4 Å². The van der Waals surface area contributed by atoms with E-state index in [2.05, 4.69) is 10.6 Å². The number of thioether (sulfide) groups is 1. The van der Waals surface area contributed by atoms with E-state index in [4.69, 9.17) is 28.6 Å². The number of carbonyl (C=O) groups excluding carboxylic acids is 1. The van der Waals surface area contributed by atoms with Crippen molar-refractivity contribution in [2.45, 2.75) is 10.9 Å². The van der Waals surface area contributed by atoms with E-state index in [1.54, 1.807) is 23.9 Å². The number of carbonyl (C=O) groups is 1. The van der Waals surface area contributed by atoms with Gasteiger partial charge in [-0.2, -0.15) is 0 Å². The normalized spacial score (nSPS) is 16.7. The van der Waals surface area contributed by atoms with Gasteiger partial charge in [-0.1, -0.05) is 35.9 Å². The zero-order valence-corrected chi connectivity index (χ0v) is 16.6. The molecular weight excluding hydrogens is 388 g/mol. The molecule has 1 aliphatic heterocycles. The summed E-state index contributed by atoms with van der Waals surface area (Å²) in [7, 11) is 1.37. The Morgan fingerprint density at radius 1 is 1.15 bits per heavy atom. The number of thiocarbonyl (C=S) groups is 1. The molecule has 0 saturated heterocycles. The molecule has 0 amide bonds. The molecule has 0 radical (unpaired) electrons. The van der Waals surface area contributed by atoms with Crippen LogP contribution in [0.25, 0.3) is 5.70 Å². The fraction of sp³-hybridized carbons (Fsp3) is 0.158. The van der Waals surface area contributed by atoms with Gasteiger partial charge < -0.3 is 15.4 Å². The molecule has 4 nitrogen and oxygen atoms in total. The van der Waals surface area contributed by atoms with E-state index in [9.17, 15) is 4.79 Å². The SMILES string of the molecule is COC(=O)C1=C(c2ccc(Cl)cc2)NC(=S)N[C@H]1c1ccc(SC)cc1. The van der Waals surface area contributed by atoms with Crippen molar-refractivity contribution < 1.29 is 9.53 Å². The van der Waals surface area contributed by atoms with Gasteiger partial charge in [0, 0.05) is 9.92 Å². The number of methoxy groups -OCH3 is 1. The maximum Gasteiger partial charge on any atom is 0.338 e. The minimum absolute atomic E-state index is 0.405. The van der Waals surface area contributed by atoms with Crippen molar-refractivity contribution in [1.29, 1.82) is 0 Å². The summed E-state index contributed by atoms with van der Waals surface area (Å²) < 4.78 is 5.05. The monoisotopic (exact) mass is 404 g/mol. The summed E-state index contributed by atoms with van der Waals surface area (Å²) >= 11 is 13.0. The van der Waals surface area contributed by atoms with Gasteiger partial charge in [-0.05, 0) is 53.9 Å². The Hall–Kier alpha value is -2.02. The molecule has 2 N–H and O–H groups in total. The molecule has 0 aliphatic carbocycles. The average molecular weight is 405 g/mol. The van der Waals surface area contributed by atoms with Crippen LogP contribution in [0.15, 0.2) is 59.0 Å². The molecule has 134 valence electrons. The van der Waals surface area contributed by atoms with Crippen LogP contribution >= 0.6 is 35.6 Å². The van der Waals surface area contributed by atoms with Crippen LogP contribution in [0.3, 0.4) is 0 Å². The van der Waals surface area contributed by atoms with E-state index < -0.39 is 12.0 Å². The molecule has 1 atom stereocenters. The lowest BCUT2D eigenvalue weighted by Crippen LogP contribution is -2.45. The fourth-order valence-electron chi connectivity index (χ4n) is 2.79. The van der Waals surface area contributed by atoms with Crippen molar-refractivity contribution in [2.75, 3.05) is 13.4 Å². The highest BCUT2D eigenvalue weighted by Gasteiger charge is 2.32. The highest BCUT2D eigenvalue weighted by molar-refractivity contribution is 7.98. The van der Waals surface area contributed by atoms with Crippen LogP contribution < -0.4 is 10.6 Å². The van der Waals surface area contributed by atoms with Gasteiger partial charge in [0.2, 0.25) is 0 Å². The Morgan fingerprint density at radius 3 is 2.38 bits per heavy atom. The predicted octanol–water partition coefficient (Wildman–Crippen LogP) is 4.17. The van der Waals surface area contributed by atoms with Crippen LogP contribution in [0, 0.1) is 0 Å². The van der Waals surface area contributed by atoms with Crippen molar-refractivity contribution in [3.8, 4) is 0 Å². The summed E-state index contributed by atoms with van der Waals surface area (Å²) in [6.45, 7) is 0. The van der Waals surface area contributed by atoms with E-state index in [1.807, 2.05) is 42.7 Å². The molecule has 3 rings (SSSR count). The molecule has 2 aromatic carbocycles. The maximum atomic E-state index is 12.6. The zero-order valence-electron chi connectivity index (χ0n) is 14.2. The average Bonchev–Trinajstić information content (AvgIpc) is 2.67. The first-order valence-electron chi connectivity index (χ1n) is 7.83. The molecule has 0 aromatic heterocycles. The van der Waals surface area contributed by atoms with E-state index in [-0.39, 0.29) is 0 Å². The molecule has 0 saturated carbocycles. The molecule has 26 heavy (non-hydrogen) atoms. The van der Waals surface area contributed by atoms with Gasteiger partial charge in [0.25, 0.3) is 0 Å². The lowest BCUT2D eigenvalue weighted by Gasteiger charge is -2.31. The molecule has 7 heteroatoms. The Kier molecular flexibility index (Phi) is 5.86. The molecule has 0 unspecified atom stereocenters. The first-order chi connectivity index (χ1) is 12.5. The van der Waals surface area contributed by atoms with Crippen molar-refractivity contribution in [2.24, 2.45) is 0 Å². The first kappa shape index (κ1) is 18.8. The summed E-state index contributed by atoms with van der Waals surface area (Å²) in [6.07, 6.45) is 2.02. The molecule has 0 spiro atoms. The number of halogens is 1. The molecular formula is C19H17ClN2O2S2. The Balaban J connectivity index is 2.14. The van der Waals surface area contributed by atoms with Crippen LogP contribution in [0.2, 0.25) is 5.02 Å². The van der Waals surface area contributed by atoms with Crippen LogP contribution in [0.5, 0.6) is 0 Å². The van der Waals surface area contributed by atoms with Gasteiger partial charge >= 0.3 is 5.97 Å². The van der Waals surface area contributed by atoms with Gasteiger partial charge in [-0.3, -0.25) is 0 Å². The summed E-state index contributed by atoms with van der Waals surface area (Å²) in [6, 6.07) is 14.8. The van der Waals surface area contributed by atoms with Crippen molar-refractivity contribution in [1.82, 2.24) is 10.6 Å². The molecule has 2 aromatic rings. The van der Waals surface area contributed by atoms with Gasteiger partial charge in [0.1, 0.15) is 0 Å². The van der Waals surface area contributed by atoms with Crippen molar-refractivity contribution in [3.05, 3.63) is 70.3 Å². The summed E-state index contributed by atoms with van der Waals surface area (Å²) in [5.41, 5.74) is 2.83. The van der Waals surface area contributed by atoms with Gasteiger partial charge in [-0.15, -0.1) is 11.8 Å². The predicted molar refractivity (Wildman–Crippen MR) is 110 cm³/mol. The zero-order chi connectivity index (χ0) is 18.7. The quantitative estimate of drug-likeness (QED) is 0.453. The molecule has 0 fully saturated rings. The van der Waals surface area contributed by atoms with Crippen molar-refractivity contribution >= 4 is 52.4 Å². The third kappa shape index (κ3) is 3.87. The van der Waals surface area contributed by atoms with Gasteiger partial charge in [0.15, 0.2) is 5.11 Å². The molecule has 1 heterocycles. The Labute approximate surface area is 167 Å². The maximum absolute atomic E-state index is 12.6. The van der Waals surface area contributed by atoms with Crippen LogP contribution in [-0.4, -0.2) is 24.4 Å². The largest absolute Gasteiger partial charge is 0.466 e. The number of benzene rings is 2. The second-order valence-electron chi connectivity index (χ2n) is 5.59. The summed E-state index contributed by atoms with van der Waals surface area (Å²) in [4.78, 5) is 13.7. The van der Waals surface area contributed by atoms with Gasteiger partial charge in [0.05, 0.1) is 24.4 Å². The van der Waals surface area contributed by atoms with E-state index >= 15 is 0 Å². The third-order valence-corrected chi connectivity index (χ3v) is 5.27. The smallest absolute Gasteiger partial charge is 0.338 e. The van der Waals surface area contributed by atoms with Crippen molar-refractivity contribution in [3.63, 3.8) is 0 Å². The number of hydrogen-bond acceptors (Lipinski definition) is 4. The standard InChI is InChI=1S/C19H17ClN2O2S2/c1-24-18(23)15-16(11-3-7-13(20)8-4-11)21-19(25)22-17(15)12-5-9-14(26-2)10-6-12/h3-10,17H,1-2H3,(H2,21,22,25)/t17-/m0/s1. The lowest BCUT2D eigenvalue weighted by molar-refractivity contribution is -0.136. The van der Waals surface area contributed by atoms with E-state index in [0.717, 1.165) is 16.0 Å². The Morgan fingerprint density at radius 2 is 1.81 bits per heavy atom. The second kappa shape index (κ2) is 8.12. The first-order valence-corrected chi connectivity index (χ1v) is 9.84. The summed E-state index contributed by atoms with van der Waals surface area (Å²) in [5.74, 6) is -0.420.